The van der Waals surface area contributed by atoms with Gasteiger partial charge in [-0.25, -0.2) is 0 Å². The van der Waals surface area contributed by atoms with Gasteiger partial charge in [0.05, 0.1) is 13.7 Å². The number of aryl methyl sites for hydroxylation is 2. The van der Waals surface area contributed by atoms with Crippen molar-refractivity contribution in [3.63, 3.8) is 0 Å². The first-order valence-electron chi connectivity index (χ1n) is 7.80. The molecule has 2 rings (SSSR count). The number of benzene rings is 1. The fourth-order valence-corrected chi connectivity index (χ4v) is 2.70. The van der Waals surface area contributed by atoms with Crippen LogP contribution in [0.2, 0.25) is 0 Å². The second-order valence-corrected chi connectivity index (χ2v) is 5.45. The highest BCUT2D eigenvalue weighted by molar-refractivity contribution is 5.75. The maximum Gasteiger partial charge on any atom is 0.322 e. The van der Waals surface area contributed by atoms with Crippen molar-refractivity contribution in [1.29, 1.82) is 0 Å². The lowest BCUT2D eigenvalue weighted by Gasteiger charge is -2.16. The third-order valence-corrected chi connectivity index (χ3v) is 3.87. The summed E-state index contributed by atoms with van der Waals surface area (Å²) in [5, 5.41) is 3.19. The van der Waals surface area contributed by atoms with Gasteiger partial charge in [-0.05, 0) is 55.5 Å². The molecule has 1 aliphatic rings. The monoisotopic (exact) mass is 291 g/mol. The number of ether oxygens (including phenoxy) is 2. The van der Waals surface area contributed by atoms with E-state index in [2.05, 4.69) is 24.4 Å². The molecule has 0 radical (unpaired) electrons. The van der Waals surface area contributed by atoms with Crippen LogP contribution < -0.4 is 10.1 Å². The summed E-state index contributed by atoms with van der Waals surface area (Å²) in [5.74, 6) is 0.677. The van der Waals surface area contributed by atoms with E-state index in [0.29, 0.717) is 13.0 Å². The van der Waals surface area contributed by atoms with Gasteiger partial charge in [0, 0.05) is 6.42 Å². The SMILES string of the molecule is CCCNC(CCOc1ccc2c(c1)CCC2)C(=O)OC. The molecule has 0 aliphatic heterocycles. The van der Waals surface area contributed by atoms with Gasteiger partial charge in [0.25, 0.3) is 0 Å². The molecule has 1 atom stereocenters. The molecule has 1 aromatic carbocycles. The first kappa shape index (κ1) is 15.8. The highest BCUT2D eigenvalue weighted by Gasteiger charge is 2.18. The summed E-state index contributed by atoms with van der Waals surface area (Å²) >= 11 is 0. The summed E-state index contributed by atoms with van der Waals surface area (Å²) in [7, 11) is 1.42. The van der Waals surface area contributed by atoms with Gasteiger partial charge < -0.3 is 14.8 Å². The Kier molecular flexibility index (Phi) is 6.05. The molecule has 0 bridgehead atoms. The van der Waals surface area contributed by atoms with Gasteiger partial charge in [0.15, 0.2) is 0 Å². The molecule has 21 heavy (non-hydrogen) atoms. The molecule has 0 saturated carbocycles. The van der Waals surface area contributed by atoms with E-state index in [1.807, 2.05) is 6.07 Å². The molecular weight excluding hydrogens is 266 g/mol. The summed E-state index contributed by atoms with van der Waals surface area (Å²) < 4.78 is 10.6. The van der Waals surface area contributed by atoms with Crippen LogP contribution in [-0.2, 0) is 22.4 Å². The number of nitrogens with one attached hydrogen (secondary N) is 1. The van der Waals surface area contributed by atoms with E-state index < -0.39 is 0 Å². The van der Waals surface area contributed by atoms with Crippen molar-refractivity contribution in [2.45, 2.75) is 45.1 Å². The molecule has 4 nitrogen and oxygen atoms in total. The molecule has 0 heterocycles. The highest BCUT2D eigenvalue weighted by atomic mass is 16.5. The molecular formula is C17H25NO3. The molecule has 0 aromatic heterocycles. The Labute approximate surface area is 126 Å². The van der Waals surface area contributed by atoms with Crippen molar-refractivity contribution in [1.82, 2.24) is 5.32 Å². The fourth-order valence-electron chi connectivity index (χ4n) is 2.70. The van der Waals surface area contributed by atoms with Gasteiger partial charge in [-0.1, -0.05) is 13.0 Å². The van der Waals surface area contributed by atoms with Crippen molar-refractivity contribution in [2.75, 3.05) is 20.3 Å². The standard InChI is InChI=1S/C17H25NO3/c1-3-10-18-16(17(19)20-2)9-11-21-15-8-7-13-5-4-6-14(13)12-15/h7-8,12,16,18H,3-6,9-11H2,1-2H3. The third kappa shape index (κ3) is 4.46. The zero-order chi connectivity index (χ0) is 15.1. The third-order valence-electron chi connectivity index (χ3n) is 3.87. The number of carbonyl (C=O) groups excluding carboxylic acids is 1. The normalized spacial score (nSPS) is 14.6. The molecule has 1 unspecified atom stereocenters. The number of methoxy groups -OCH3 is 1. The van der Waals surface area contributed by atoms with E-state index in [0.717, 1.165) is 25.1 Å². The average Bonchev–Trinajstić information content (AvgIpc) is 2.97. The second kappa shape index (κ2) is 8.03. The number of hydrogen-bond donors (Lipinski definition) is 1. The molecule has 0 saturated heterocycles. The lowest BCUT2D eigenvalue weighted by atomic mass is 10.1. The lowest BCUT2D eigenvalue weighted by Crippen LogP contribution is -2.39. The van der Waals surface area contributed by atoms with E-state index in [4.69, 9.17) is 9.47 Å². The van der Waals surface area contributed by atoms with Crippen molar-refractivity contribution in [3.05, 3.63) is 29.3 Å². The highest BCUT2D eigenvalue weighted by Crippen LogP contribution is 2.26. The van der Waals surface area contributed by atoms with Crippen LogP contribution in [0.25, 0.3) is 0 Å². The Hall–Kier alpha value is -1.55. The van der Waals surface area contributed by atoms with Crippen molar-refractivity contribution < 1.29 is 14.3 Å². The van der Waals surface area contributed by atoms with E-state index in [9.17, 15) is 4.79 Å². The van der Waals surface area contributed by atoms with Gasteiger partial charge in [-0.15, -0.1) is 0 Å². The number of rotatable bonds is 8. The minimum absolute atomic E-state index is 0.221. The summed E-state index contributed by atoms with van der Waals surface area (Å²) in [5.41, 5.74) is 2.85. The summed E-state index contributed by atoms with van der Waals surface area (Å²) in [6.45, 7) is 3.39. The number of hydrogen-bond acceptors (Lipinski definition) is 4. The van der Waals surface area contributed by atoms with E-state index >= 15 is 0 Å². The van der Waals surface area contributed by atoms with Crippen LogP contribution in [0.5, 0.6) is 5.75 Å². The Balaban J connectivity index is 1.82. The van der Waals surface area contributed by atoms with Crippen LogP contribution in [0.4, 0.5) is 0 Å². The van der Waals surface area contributed by atoms with Crippen molar-refractivity contribution in [2.24, 2.45) is 0 Å². The number of carbonyl (C=O) groups is 1. The Morgan fingerprint density at radius 3 is 2.90 bits per heavy atom. The smallest absolute Gasteiger partial charge is 0.322 e. The zero-order valence-corrected chi connectivity index (χ0v) is 13.0. The van der Waals surface area contributed by atoms with Crippen molar-refractivity contribution in [3.8, 4) is 5.75 Å². The topological polar surface area (TPSA) is 47.6 Å². The summed E-state index contributed by atoms with van der Waals surface area (Å²) in [6.07, 6.45) is 5.17. The molecule has 1 aliphatic carbocycles. The second-order valence-electron chi connectivity index (χ2n) is 5.45. The number of fused-ring (bicyclic) bond motifs is 1. The van der Waals surface area contributed by atoms with Crippen LogP contribution >= 0.6 is 0 Å². The fraction of sp³-hybridized carbons (Fsp3) is 0.588. The zero-order valence-electron chi connectivity index (χ0n) is 13.0. The van der Waals surface area contributed by atoms with Gasteiger partial charge in [0.1, 0.15) is 11.8 Å². The van der Waals surface area contributed by atoms with Crippen LogP contribution in [0.15, 0.2) is 18.2 Å². The predicted octanol–water partition coefficient (Wildman–Crippen LogP) is 2.49. The van der Waals surface area contributed by atoms with Gasteiger partial charge in [0.2, 0.25) is 0 Å². The molecule has 0 amide bonds. The van der Waals surface area contributed by atoms with Crippen LogP contribution in [0.1, 0.15) is 37.3 Å². The molecule has 0 spiro atoms. The Bertz CT molecular complexity index is 473. The van der Waals surface area contributed by atoms with E-state index in [1.165, 1.54) is 31.1 Å². The average molecular weight is 291 g/mol. The molecule has 1 aromatic rings. The largest absolute Gasteiger partial charge is 0.494 e. The van der Waals surface area contributed by atoms with Crippen LogP contribution in [0, 0.1) is 0 Å². The molecule has 4 heteroatoms. The maximum absolute atomic E-state index is 11.7. The van der Waals surface area contributed by atoms with E-state index in [-0.39, 0.29) is 12.0 Å². The number of esters is 1. The molecule has 1 N–H and O–H groups in total. The summed E-state index contributed by atoms with van der Waals surface area (Å²) in [6, 6.07) is 6.03. The van der Waals surface area contributed by atoms with E-state index in [1.54, 1.807) is 0 Å². The first-order valence-corrected chi connectivity index (χ1v) is 7.80. The Morgan fingerprint density at radius 1 is 1.33 bits per heavy atom. The predicted molar refractivity (Wildman–Crippen MR) is 82.7 cm³/mol. The quantitative estimate of drug-likeness (QED) is 0.748. The van der Waals surface area contributed by atoms with Crippen LogP contribution in [0.3, 0.4) is 0 Å². The maximum atomic E-state index is 11.7. The molecule has 116 valence electrons. The molecule has 0 fully saturated rings. The minimum atomic E-state index is -0.288. The minimum Gasteiger partial charge on any atom is -0.494 e. The Morgan fingerprint density at radius 2 is 2.14 bits per heavy atom. The van der Waals surface area contributed by atoms with Gasteiger partial charge in [-0.3, -0.25) is 4.79 Å². The van der Waals surface area contributed by atoms with Gasteiger partial charge >= 0.3 is 5.97 Å². The lowest BCUT2D eigenvalue weighted by molar-refractivity contribution is -0.143. The van der Waals surface area contributed by atoms with Crippen LogP contribution in [-0.4, -0.2) is 32.3 Å². The van der Waals surface area contributed by atoms with Gasteiger partial charge in [-0.2, -0.15) is 0 Å². The first-order chi connectivity index (χ1) is 10.2. The summed E-state index contributed by atoms with van der Waals surface area (Å²) in [4.78, 5) is 11.7. The van der Waals surface area contributed by atoms with Crippen molar-refractivity contribution >= 4 is 5.97 Å².